The van der Waals surface area contributed by atoms with Gasteiger partial charge in [0, 0.05) is 19.2 Å². The first-order valence-corrected chi connectivity index (χ1v) is 6.64. The highest BCUT2D eigenvalue weighted by Gasteiger charge is 2.15. The van der Waals surface area contributed by atoms with Crippen LogP contribution in [-0.2, 0) is 13.2 Å². The van der Waals surface area contributed by atoms with Crippen LogP contribution in [0.4, 0.5) is 0 Å². The summed E-state index contributed by atoms with van der Waals surface area (Å²) in [5.74, 6) is -0.202. The van der Waals surface area contributed by atoms with Crippen LogP contribution in [0.3, 0.4) is 0 Å². The first-order valence-electron chi connectivity index (χ1n) is 6.64. The summed E-state index contributed by atoms with van der Waals surface area (Å²) in [4.78, 5) is 25.0. The van der Waals surface area contributed by atoms with E-state index in [1.54, 1.807) is 36.2 Å². The number of hydrogen-bond acceptors (Lipinski definition) is 3. The fourth-order valence-electron chi connectivity index (χ4n) is 2.17. The molecule has 0 saturated carbocycles. The molecule has 108 valence electrons. The van der Waals surface area contributed by atoms with Crippen molar-refractivity contribution >= 4 is 12.2 Å². The Bertz CT molecular complexity index is 652. The second kappa shape index (κ2) is 6.81. The minimum atomic E-state index is -0.202. The van der Waals surface area contributed by atoms with E-state index in [0.29, 0.717) is 24.0 Å². The van der Waals surface area contributed by atoms with Crippen molar-refractivity contribution in [3.63, 3.8) is 0 Å². The zero-order valence-corrected chi connectivity index (χ0v) is 11.8. The molecule has 0 aliphatic carbocycles. The maximum Gasteiger partial charge on any atom is 0.254 e. The van der Waals surface area contributed by atoms with Gasteiger partial charge in [-0.15, -0.1) is 0 Å². The number of nitrogens with zero attached hydrogens (tertiary/aromatic N) is 1. The molecule has 0 radical (unpaired) electrons. The summed E-state index contributed by atoms with van der Waals surface area (Å²) in [5, 5.41) is 9.13. The maximum atomic E-state index is 12.4. The molecule has 0 aromatic heterocycles. The van der Waals surface area contributed by atoms with E-state index in [1.165, 1.54) is 0 Å². The van der Waals surface area contributed by atoms with Crippen LogP contribution >= 0.6 is 0 Å². The van der Waals surface area contributed by atoms with E-state index in [1.807, 2.05) is 24.3 Å². The highest BCUT2D eigenvalue weighted by Crippen LogP contribution is 2.13. The average Bonchev–Trinajstić information content (AvgIpc) is 2.54. The van der Waals surface area contributed by atoms with Gasteiger partial charge in [0.05, 0.1) is 12.2 Å². The van der Waals surface area contributed by atoms with Crippen molar-refractivity contribution in [3.05, 3.63) is 70.8 Å². The lowest BCUT2D eigenvalue weighted by atomic mass is 10.1. The minimum Gasteiger partial charge on any atom is -0.392 e. The van der Waals surface area contributed by atoms with Crippen LogP contribution < -0.4 is 0 Å². The molecule has 4 heteroatoms. The molecule has 2 aromatic rings. The van der Waals surface area contributed by atoms with Crippen LogP contribution in [0, 0.1) is 0 Å². The quantitative estimate of drug-likeness (QED) is 0.856. The third-order valence-corrected chi connectivity index (χ3v) is 3.26. The molecule has 0 unspecified atom stereocenters. The smallest absolute Gasteiger partial charge is 0.254 e. The van der Waals surface area contributed by atoms with Gasteiger partial charge in [-0.05, 0) is 17.2 Å². The second-order valence-electron chi connectivity index (χ2n) is 4.84. The number of benzene rings is 2. The van der Waals surface area contributed by atoms with E-state index in [4.69, 9.17) is 5.11 Å². The van der Waals surface area contributed by atoms with E-state index in [2.05, 4.69) is 0 Å². The summed E-state index contributed by atoms with van der Waals surface area (Å²) in [7, 11) is 1.69. The number of aliphatic hydroxyl groups is 1. The molecule has 0 heterocycles. The number of carbonyl (C=O) groups excluding carboxylic acids is 2. The fourth-order valence-corrected chi connectivity index (χ4v) is 2.17. The van der Waals surface area contributed by atoms with Crippen LogP contribution in [0.1, 0.15) is 31.8 Å². The first kappa shape index (κ1) is 14.9. The number of aliphatic hydroxyl groups excluding tert-OH is 1. The van der Waals surface area contributed by atoms with Crippen molar-refractivity contribution in [2.45, 2.75) is 13.2 Å². The summed E-state index contributed by atoms with van der Waals surface area (Å²) in [6.07, 6.45) is 0.688. The number of aldehydes is 1. The number of hydrogen-bond donors (Lipinski definition) is 1. The van der Waals surface area contributed by atoms with E-state index >= 15 is 0 Å². The van der Waals surface area contributed by atoms with Crippen molar-refractivity contribution in [3.8, 4) is 0 Å². The molecule has 0 atom stereocenters. The third kappa shape index (κ3) is 3.55. The van der Waals surface area contributed by atoms with Crippen molar-refractivity contribution in [1.29, 1.82) is 0 Å². The molecular formula is C17H17NO3. The Labute approximate surface area is 123 Å². The molecule has 0 fully saturated rings. The van der Waals surface area contributed by atoms with Crippen LogP contribution in [-0.4, -0.2) is 29.2 Å². The van der Waals surface area contributed by atoms with Gasteiger partial charge in [-0.25, -0.2) is 0 Å². The van der Waals surface area contributed by atoms with Crippen molar-refractivity contribution in [2.75, 3.05) is 7.05 Å². The van der Waals surface area contributed by atoms with E-state index in [-0.39, 0.29) is 12.5 Å². The average molecular weight is 283 g/mol. The van der Waals surface area contributed by atoms with Crippen molar-refractivity contribution in [2.24, 2.45) is 0 Å². The largest absolute Gasteiger partial charge is 0.392 e. The Morgan fingerprint density at radius 2 is 1.86 bits per heavy atom. The summed E-state index contributed by atoms with van der Waals surface area (Å²) in [5.41, 5.74) is 2.52. The Hall–Kier alpha value is -2.46. The van der Waals surface area contributed by atoms with Gasteiger partial charge < -0.3 is 10.0 Å². The van der Waals surface area contributed by atoms with Crippen LogP contribution in [0.15, 0.2) is 48.5 Å². The molecule has 1 amide bonds. The Morgan fingerprint density at radius 3 is 2.57 bits per heavy atom. The highest BCUT2D eigenvalue weighted by molar-refractivity contribution is 6.01. The molecule has 2 aromatic carbocycles. The van der Waals surface area contributed by atoms with Crippen molar-refractivity contribution in [1.82, 2.24) is 4.90 Å². The Morgan fingerprint density at radius 1 is 1.14 bits per heavy atom. The Balaban J connectivity index is 2.17. The number of carbonyl (C=O) groups is 2. The molecule has 1 N–H and O–H groups in total. The van der Waals surface area contributed by atoms with Gasteiger partial charge in [0.25, 0.3) is 5.91 Å². The molecule has 0 bridgehead atoms. The SMILES string of the molecule is CN(Cc1cccc(CO)c1)C(=O)c1ccccc1C=O. The van der Waals surface area contributed by atoms with Gasteiger partial charge in [0.2, 0.25) is 0 Å². The predicted molar refractivity (Wildman–Crippen MR) is 80.0 cm³/mol. The van der Waals surface area contributed by atoms with E-state index in [0.717, 1.165) is 11.1 Å². The van der Waals surface area contributed by atoms with Gasteiger partial charge in [0.1, 0.15) is 0 Å². The molecule has 2 rings (SSSR count). The first-order chi connectivity index (χ1) is 10.2. The molecule has 0 aliphatic rings. The lowest BCUT2D eigenvalue weighted by molar-refractivity contribution is 0.0782. The van der Waals surface area contributed by atoms with Gasteiger partial charge >= 0.3 is 0 Å². The minimum absolute atomic E-state index is 0.0283. The molecule has 0 saturated heterocycles. The zero-order valence-electron chi connectivity index (χ0n) is 11.8. The summed E-state index contributed by atoms with van der Waals surface area (Å²) in [6, 6.07) is 14.2. The highest BCUT2D eigenvalue weighted by atomic mass is 16.3. The second-order valence-corrected chi connectivity index (χ2v) is 4.84. The van der Waals surface area contributed by atoms with Crippen LogP contribution in [0.5, 0.6) is 0 Å². The Kier molecular flexibility index (Phi) is 4.85. The topological polar surface area (TPSA) is 57.6 Å². The number of rotatable bonds is 5. The molecular weight excluding hydrogens is 266 g/mol. The molecule has 21 heavy (non-hydrogen) atoms. The van der Waals surface area contributed by atoms with Gasteiger partial charge in [-0.3, -0.25) is 9.59 Å². The van der Waals surface area contributed by atoms with Crippen LogP contribution in [0.25, 0.3) is 0 Å². The lowest BCUT2D eigenvalue weighted by Gasteiger charge is -2.18. The standard InChI is InChI=1S/C17H17NO3/c1-18(10-13-5-4-6-14(9-13)11-19)17(21)16-8-3-2-7-15(16)12-20/h2-9,12,19H,10-11H2,1H3. The third-order valence-electron chi connectivity index (χ3n) is 3.26. The van der Waals surface area contributed by atoms with E-state index < -0.39 is 0 Å². The maximum absolute atomic E-state index is 12.4. The van der Waals surface area contributed by atoms with Gasteiger partial charge in [-0.1, -0.05) is 42.5 Å². The van der Waals surface area contributed by atoms with Crippen LogP contribution in [0.2, 0.25) is 0 Å². The summed E-state index contributed by atoms with van der Waals surface area (Å²) < 4.78 is 0. The molecule has 0 spiro atoms. The zero-order chi connectivity index (χ0) is 15.2. The lowest BCUT2D eigenvalue weighted by Crippen LogP contribution is -2.27. The van der Waals surface area contributed by atoms with Gasteiger partial charge in [0.15, 0.2) is 6.29 Å². The fraction of sp³-hybridized carbons (Fsp3) is 0.176. The predicted octanol–water partition coefficient (Wildman–Crippen LogP) is 2.26. The summed E-state index contributed by atoms with van der Waals surface area (Å²) in [6.45, 7) is 0.388. The summed E-state index contributed by atoms with van der Waals surface area (Å²) >= 11 is 0. The molecule has 4 nitrogen and oxygen atoms in total. The van der Waals surface area contributed by atoms with Crippen molar-refractivity contribution < 1.29 is 14.7 Å². The van der Waals surface area contributed by atoms with E-state index in [9.17, 15) is 9.59 Å². The normalized spacial score (nSPS) is 10.2. The monoisotopic (exact) mass is 283 g/mol. The van der Waals surface area contributed by atoms with Gasteiger partial charge in [-0.2, -0.15) is 0 Å². The molecule has 0 aliphatic heterocycles. The number of amides is 1.